The van der Waals surface area contributed by atoms with Crippen LogP contribution in [0.15, 0.2) is 24.3 Å². The van der Waals surface area contributed by atoms with Gasteiger partial charge < -0.3 is 9.97 Å². The van der Waals surface area contributed by atoms with Crippen molar-refractivity contribution in [2.45, 2.75) is 27.7 Å². The van der Waals surface area contributed by atoms with E-state index in [0.29, 0.717) is 0 Å². The lowest BCUT2D eigenvalue weighted by atomic mass is 10.2. The molecule has 8 bridgehead atoms. The van der Waals surface area contributed by atoms with Crippen LogP contribution in [0.1, 0.15) is 45.0 Å². The summed E-state index contributed by atoms with van der Waals surface area (Å²) < 4.78 is 0. The Kier molecular flexibility index (Phi) is 4.82. The summed E-state index contributed by atoms with van der Waals surface area (Å²) in [6.45, 7) is 8.44. The first kappa shape index (κ1) is 19.4. The molecule has 0 aromatic carbocycles. The van der Waals surface area contributed by atoms with Gasteiger partial charge in [0.25, 0.3) is 0 Å². The first-order valence-electron chi connectivity index (χ1n) is 9.54. The maximum absolute atomic E-state index is 4.88. The lowest BCUT2D eigenvalue weighted by Crippen LogP contribution is -1.86. The molecule has 0 spiro atoms. The van der Waals surface area contributed by atoms with Crippen LogP contribution in [0.2, 0.25) is 0 Å². The van der Waals surface area contributed by atoms with Crippen LogP contribution in [0.5, 0.6) is 0 Å². The highest BCUT2D eigenvalue weighted by Gasteiger charge is 2.10. The summed E-state index contributed by atoms with van der Waals surface area (Å²) in [7, 11) is 0. The van der Waals surface area contributed by atoms with Crippen molar-refractivity contribution in [2.24, 2.45) is 0 Å². The van der Waals surface area contributed by atoms with Gasteiger partial charge in [-0.25, -0.2) is 9.97 Å². The number of hydrogen-bond acceptors (Lipinski definition) is 2. The molecular formula is C24H25AlN4. The van der Waals surface area contributed by atoms with Crippen LogP contribution in [0.3, 0.4) is 0 Å². The fraction of sp³-hybridized carbons (Fsp3) is 0.167. The van der Waals surface area contributed by atoms with Gasteiger partial charge in [-0.15, -0.1) is 0 Å². The topological polar surface area (TPSA) is 57.4 Å². The Morgan fingerprint density at radius 2 is 0.724 bits per heavy atom. The van der Waals surface area contributed by atoms with Gasteiger partial charge in [-0.1, -0.05) is 0 Å². The zero-order valence-corrected chi connectivity index (χ0v) is 16.5. The summed E-state index contributed by atoms with van der Waals surface area (Å²) in [6.07, 6.45) is 8.37. The van der Waals surface area contributed by atoms with Gasteiger partial charge in [-0.05, 0) is 98.5 Å². The van der Waals surface area contributed by atoms with E-state index in [1.165, 1.54) is 0 Å². The molecule has 0 saturated heterocycles. The number of aryl methyl sites for hydroxylation is 4. The van der Waals surface area contributed by atoms with E-state index < -0.39 is 0 Å². The predicted molar refractivity (Wildman–Crippen MR) is 128 cm³/mol. The molecule has 0 unspecified atom stereocenters. The highest BCUT2D eigenvalue weighted by atomic mass is 27.0. The van der Waals surface area contributed by atoms with Crippen LogP contribution >= 0.6 is 0 Å². The van der Waals surface area contributed by atoms with Gasteiger partial charge in [-0.2, -0.15) is 0 Å². The first-order chi connectivity index (χ1) is 13.5. The van der Waals surface area contributed by atoms with Crippen molar-refractivity contribution < 1.29 is 0 Å². The molecule has 5 rings (SSSR count). The van der Waals surface area contributed by atoms with Gasteiger partial charge >= 0.3 is 0 Å². The number of fused-ring (bicyclic) bond motifs is 8. The van der Waals surface area contributed by atoms with E-state index in [1.54, 1.807) is 0 Å². The molecule has 0 saturated carbocycles. The SMILES string of the molecule is Cc1c2nc(c(C)c3ccc([nH]3)c(C)c3nc(c(C)c4ccc1[nH]4)C=C3)C=C2.[AlH3]. The van der Waals surface area contributed by atoms with Gasteiger partial charge in [-0.3, -0.25) is 0 Å². The number of nitrogens with zero attached hydrogens (tertiary/aromatic N) is 2. The Labute approximate surface area is 180 Å². The minimum absolute atomic E-state index is 0. The summed E-state index contributed by atoms with van der Waals surface area (Å²) >= 11 is 0. The fourth-order valence-corrected chi connectivity index (χ4v) is 3.78. The van der Waals surface area contributed by atoms with Gasteiger partial charge in [0.1, 0.15) is 0 Å². The Hall–Kier alpha value is -2.87. The summed E-state index contributed by atoms with van der Waals surface area (Å²) in [6, 6.07) is 8.48. The van der Waals surface area contributed by atoms with E-state index in [9.17, 15) is 0 Å². The van der Waals surface area contributed by atoms with E-state index in [-0.39, 0.29) is 17.4 Å². The number of aromatic amines is 2. The summed E-state index contributed by atoms with van der Waals surface area (Å²) in [5, 5.41) is 0. The molecule has 0 fully saturated rings. The minimum Gasteiger partial charge on any atom is -0.355 e. The molecule has 4 nitrogen and oxygen atoms in total. The van der Waals surface area contributed by atoms with Crippen molar-refractivity contribution in [3.63, 3.8) is 0 Å². The molecule has 29 heavy (non-hydrogen) atoms. The van der Waals surface area contributed by atoms with E-state index in [4.69, 9.17) is 9.97 Å². The van der Waals surface area contributed by atoms with Crippen LogP contribution in [-0.4, -0.2) is 37.3 Å². The summed E-state index contributed by atoms with van der Waals surface area (Å²) in [5.41, 5.74) is 12.9. The highest BCUT2D eigenvalue weighted by molar-refractivity contribution is 5.82. The molecule has 2 aliphatic rings. The van der Waals surface area contributed by atoms with Gasteiger partial charge in [0.15, 0.2) is 17.4 Å². The highest BCUT2D eigenvalue weighted by Crippen LogP contribution is 2.25. The maximum atomic E-state index is 4.88. The maximum Gasteiger partial charge on any atom is 0.187 e. The Morgan fingerprint density at radius 1 is 0.483 bits per heavy atom. The molecule has 3 aromatic heterocycles. The second-order valence-electron chi connectivity index (χ2n) is 7.50. The third-order valence-corrected chi connectivity index (χ3v) is 5.80. The molecule has 5 heteroatoms. The molecule has 0 atom stereocenters. The van der Waals surface area contributed by atoms with Gasteiger partial charge in [0.05, 0.1) is 22.8 Å². The first-order valence-corrected chi connectivity index (χ1v) is 9.54. The third kappa shape index (κ3) is 3.17. The molecule has 3 aromatic rings. The molecular weight excluding hydrogens is 371 g/mol. The Balaban J connectivity index is 0.00000205. The zero-order valence-electron chi connectivity index (χ0n) is 16.5. The van der Waals surface area contributed by atoms with E-state index in [2.05, 4.69) is 86.2 Å². The van der Waals surface area contributed by atoms with Crippen LogP contribution in [-0.2, 0) is 0 Å². The van der Waals surface area contributed by atoms with Crippen molar-refractivity contribution in [2.75, 3.05) is 0 Å². The van der Waals surface area contributed by atoms with E-state index in [1.807, 2.05) is 0 Å². The molecule has 2 aliphatic heterocycles. The molecule has 0 amide bonds. The van der Waals surface area contributed by atoms with Gasteiger partial charge in [0, 0.05) is 22.1 Å². The predicted octanol–water partition coefficient (Wildman–Crippen LogP) is 4.71. The number of H-pyrrole nitrogens is 2. The van der Waals surface area contributed by atoms with Crippen molar-refractivity contribution >= 4 is 63.7 Å². The molecule has 2 N–H and O–H groups in total. The monoisotopic (exact) mass is 396 g/mol. The Morgan fingerprint density at radius 3 is 0.966 bits per heavy atom. The smallest absolute Gasteiger partial charge is 0.187 e. The van der Waals surface area contributed by atoms with Crippen LogP contribution in [0, 0.1) is 27.7 Å². The lowest BCUT2D eigenvalue weighted by molar-refractivity contribution is 1.23. The van der Waals surface area contributed by atoms with Crippen molar-refractivity contribution in [1.82, 2.24) is 19.9 Å². The minimum atomic E-state index is 0. The van der Waals surface area contributed by atoms with Crippen molar-refractivity contribution in [1.29, 1.82) is 0 Å². The second kappa shape index (κ2) is 7.19. The number of hydrogen-bond donors (Lipinski definition) is 2. The molecule has 0 radical (unpaired) electrons. The molecule has 144 valence electrons. The summed E-state index contributed by atoms with van der Waals surface area (Å²) in [4.78, 5) is 16.8. The average molecular weight is 396 g/mol. The Bertz CT molecular complexity index is 1150. The van der Waals surface area contributed by atoms with Crippen molar-refractivity contribution in [3.05, 3.63) is 69.3 Å². The van der Waals surface area contributed by atoms with Gasteiger partial charge in [0.2, 0.25) is 0 Å². The third-order valence-electron chi connectivity index (χ3n) is 5.80. The number of rotatable bonds is 0. The quantitative estimate of drug-likeness (QED) is 0.373. The number of nitrogens with one attached hydrogen (secondary N) is 2. The second-order valence-corrected chi connectivity index (χ2v) is 7.50. The van der Waals surface area contributed by atoms with Crippen LogP contribution in [0.4, 0.5) is 0 Å². The molecule has 0 aliphatic carbocycles. The lowest BCUT2D eigenvalue weighted by Gasteiger charge is -1.97. The van der Waals surface area contributed by atoms with Crippen molar-refractivity contribution in [3.8, 4) is 0 Å². The normalized spacial score (nSPS) is 12.3. The zero-order chi connectivity index (χ0) is 19.4. The van der Waals surface area contributed by atoms with E-state index >= 15 is 0 Å². The summed E-state index contributed by atoms with van der Waals surface area (Å²) in [5.74, 6) is 0. The largest absolute Gasteiger partial charge is 0.355 e. The standard InChI is InChI=1S/C24H22N4.Al.3H/c1-13-17-5-7-19(25-17)14(2)21-9-11-23(27-21)16(4)24-12-10-22(28-24)15(3)20-8-6-18(13)26-20;;;;/h5-12,25,28H,1-4H3;;;;. The molecule has 5 heterocycles. The average Bonchev–Trinajstić information content (AvgIpc) is 3.49. The number of aromatic nitrogens is 4. The fourth-order valence-electron chi connectivity index (χ4n) is 3.78. The van der Waals surface area contributed by atoms with Crippen LogP contribution < -0.4 is 0 Å². The van der Waals surface area contributed by atoms with Crippen LogP contribution in [0.25, 0.3) is 46.4 Å². The van der Waals surface area contributed by atoms with E-state index in [0.717, 1.165) is 67.1 Å².